The third-order valence-electron chi connectivity index (χ3n) is 6.16. The molecular weight excluding hydrogens is 347 g/mol. The summed E-state index contributed by atoms with van der Waals surface area (Å²) in [4.78, 5) is 10.9. The van der Waals surface area contributed by atoms with E-state index in [4.69, 9.17) is 4.74 Å². The predicted octanol–water partition coefficient (Wildman–Crippen LogP) is 1.07. The first-order valence-electron chi connectivity index (χ1n) is 9.95. The number of carbonyl (C=O) groups is 1. The van der Waals surface area contributed by atoms with Crippen LogP contribution in [0.4, 0.5) is 0 Å². The van der Waals surface area contributed by atoms with Crippen molar-refractivity contribution in [1.82, 2.24) is 0 Å². The van der Waals surface area contributed by atoms with Gasteiger partial charge in [0.25, 0.3) is 0 Å². The second-order valence-electron chi connectivity index (χ2n) is 8.07. The van der Waals surface area contributed by atoms with Crippen LogP contribution in [0, 0.1) is 23.2 Å². The standard InChI is InChI=1S/C23H30O3.Na/c1-2-6-20(15-22(24)25)19-8-10-21(11-9-19)26-17-18-7-5-14-23(16-18)12-3-4-13-23;/h8-11,18,20H,3-5,7,12-17H2,1H3,(H,24,25);/q;+1/p-1/t18?,20-;/m0./s1. The van der Waals surface area contributed by atoms with Gasteiger partial charge in [0.2, 0.25) is 0 Å². The smallest absolute Gasteiger partial charge is 0.550 e. The van der Waals surface area contributed by atoms with Gasteiger partial charge in [-0.05, 0) is 68.1 Å². The molecule has 1 aromatic carbocycles. The van der Waals surface area contributed by atoms with Crippen molar-refractivity contribution in [3.8, 4) is 17.6 Å². The van der Waals surface area contributed by atoms with Crippen molar-refractivity contribution in [2.45, 2.75) is 70.6 Å². The SMILES string of the molecule is CC#C[C@@H](CC(=O)[O-])c1ccc(OCC2CCCC3(CCCC3)C2)cc1.[Na+]. The number of aliphatic carboxylic acids is 1. The molecule has 2 saturated carbocycles. The Morgan fingerprint density at radius 3 is 2.52 bits per heavy atom. The Bertz CT molecular complexity index is 665. The molecule has 140 valence electrons. The van der Waals surface area contributed by atoms with Crippen LogP contribution in [-0.4, -0.2) is 12.6 Å². The minimum absolute atomic E-state index is 0. The number of benzene rings is 1. The zero-order valence-corrected chi connectivity index (χ0v) is 18.8. The van der Waals surface area contributed by atoms with Gasteiger partial charge < -0.3 is 14.6 Å². The van der Waals surface area contributed by atoms with E-state index < -0.39 is 5.97 Å². The van der Waals surface area contributed by atoms with Crippen molar-refractivity contribution in [1.29, 1.82) is 0 Å². The third kappa shape index (κ3) is 6.28. The number of rotatable bonds is 6. The molecule has 0 aliphatic heterocycles. The van der Waals surface area contributed by atoms with Crippen LogP contribution in [0.3, 0.4) is 0 Å². The van der Waals surface area contributed by atoms with Crippen molar-refractivity contribution in [3.05, 3.63) is 29.8 Å². The molecule has 0 heterocycles. The van der Waals surface area contributed by atoms with Gasteiger partial charge in [0.15, 0.2) is 0 Å². The van der Waals surface area contributed by atoms with Crippen molar-refractivity contribution in [2.75, 3.05) is 6.61 Å². The van der Waals surface area contributed by atoms with Gasteiger partial charge >= 0.3 is 29.6 Å². The molecule has 0 bridgehead atoms. The van der Waals surface area contributed by atoms with E-state index in [-0.39, 0.29) is 41.9 Å². The van der Waals surface area contributed by atoms with Crippen LogP contribution in [0.5, 0.6) is 5.75 Å². The van der Waals surface area contributed by atoms with Gasteiger partial charge in [-0.1, -0.05) is 37.3 Å². The average molecular weight is 376 g/mol. The van der Waals surface area contributed by atoms with Crippen LogP contribution in [0.15, 0.2) is 24.3 Å². The quantitative estimate of drug-likeness (QED) is 0.551. The van der Waals surface area contributed by atoms with Gasteiger partial charge in [-0.15, -0.1) is 5.92 Å². The van der Waals surface area contributed by atoms with Crippen LogP contribution in [-0.2, 0) is 4.79 Å². The summed E-state index contributed by atoms with van der Waals surface area (Å²) in [7, 11) is 0. The summed E-state index contributed by atoms with van der Waals surface area (Å²) in [5.74, 6) is 5.89. The maximum absolute atomic E-state index is 10.9. The molecule has 1 spiro atoms. The largest absolute Gasteiger partial charge is 1.00 e. The van der Waals surface area contributed by atoms with E-state index >= 15 is 0 Å². The molecule has 4 heteroatoms. The van der Waals surface area contributed by atoms with E-state index in [1.807, 2.05) is 24.3 Å². The Hall–Kier alpha value is -0.950. The molecule has 2 aliphatic carbocycles. The summed E-state index contributed by atoms with van der Waals surface area (Å²) in [6, 6.07) is 7.71. The zero-order valence-electron chi connectivity index (χ0n) is 16.8. The van der Waals surface area contributed by atoms with Gasteiger partial charge in [0.05, 0.1) is 12.5 Å². The van der Waals surface area contributed by atoms with Crippen LogP contribution in [0.2, 0.25) is 0 Å². The molecule has 2 aliphatic rings. The zero-order chi connectivity index (χ0) is 18.4. The summed E-state index contributed by atoms with van der Waals surface area (Å²) >= 11 is 0. The summed E-state index contributed by atoms with van der Waals surface area (Å²) in [5.41, 5.74) is 1.52. The Morgan fingerprint density at radius 1 is 1.22 bits per heavy atom. The molecule has 0 amide bonds. The fourth-order valence-corrected chi connectivity index (χ4v) is 4.91. The number of hydrogen-bond donors (Lipinski definition) is 0. The molecule has 2 fully saturated rings. The molecule has 0 N–H and O–H groups in total. The minimum atomic E-state index is -1.07. The van der Waals surface area contributed by atoms with Crippen LogP contribution in [0.25, 0.3) is 0 Å². The molecule has 3 rings (SSSR count). The number of carbonyl (C=O) groups excluding carboxylic acids is 1. The second kappa shape index (κ2) is 10.6. The second-order valence-corrected chi connectivity index (χ2v) is 8.07. The monoisotopic (exact) mass is 376 g/mol. The van der Waals surface area contributed by atoms with E-state index in [0.717, 1.165) is 17.9 Å². The van der Waals surface area contributed by atoms with Gasteiger partial charge in [-0.25, -0.2) is 0 Å². The van der Waals surface area contributed by atoms with Crippen molar-refractivity contribution in [3.63, 3.8) is 0 Å². The van der Waals surface area contributed by atoms with Crippen LogP contribution < -0.4 is 39.4 Å². The van der Waals surface area contributed by atoms with Crippen molar-refractivity contribution in [2.24, 2.45) is 11.3 Å². The first-order valence-corrected chi connectivity index (χ1v) is 9.95. The van der Waals surface area contributed by atoms with Gasteiger partial charge in [0.1, 0.15) is 5.75 Å². The summed E-state index contributed by atoms with van der Waals surface area (Å²) in [6.45, 7) is 2.51. The Morgan fingerprint density at radius 2 is 1.89 bits per heavy atom. The van der Waals surface area contributed by atoms with Gasteiger partial charge in [-0.2, -0.15) is 0 Å². The van der Waals surface area contributed by atoms with Gasteiger partial charge in [-0.3, -0.25) is 0 Å². The molecule has 1 unspecified atom stereocenters. The number of carboxylic acid groups (broad SMARTS) is 1. The van der Waals surface area contributed by atoms with E-state index in [9.17, 15) is 9.90 Å². The molecule has 1 aromatic rings. The first-order chi connectivity index (χ1) is 12.6. The number of ether oxygens (including phenoxy) is 1. The van der Waals surface area contributed by atoms with E-state index in [1.54, 1.807) is 6.92 Å². The van der Waals surface area contributed by atoms with E-state index in [2.05, 4.69) is 11.8 Å². The predicted molar refractivity (Wildman–Crippen MR) is 101 cm³/mol. The summed E-state index contributed by atoms with van der Waals surface area (Å²) < 4.78 is 6.06. The van der Waals surface area contributed by atoms with Crippen LogP contribution >= 0.6 is 0 Å². The molecule has 3 nitrogen and oxygen atoms in total. The maximum Gasteiger partial charge on any atom is 1.00 e. The van der Waals surface area contributed by atoms with E-state index in [0.29, 0.717) is 11.3 Å². The van der Waals surface area contributed by atoms with Crippen LogP contribution in [0.1, 0.15) is 76.2 Å². The first kappa shape index (κ1) is 22.3. The average Bonchev–Trinajstić information content (AvgIpc) is 3.07. The van der Waals surface area contributed by atoms with Crippen molar-refractivity contribution >= 4 is 5.97 Å². The van der Waals surface area contributed by atoms with E-state index in [1.165, 1.54) is 51.4 Å². The van der Waals surface area contributed by atoms with Crippen molar-refractivity contribution < 1.29 is 44.2 Å². The third-order valence-corrected chi connectivity index (χ3v) is 6.16. The molecule has 2 atom stereocenters. The topological polar surface area (TPSA) is 49.4 Å². The Kier molecular flexibility index (Phi) is 8.73. The maximum atomic E-state index is 10.9. The summed E-state index contributed by atoms with van der Waals surface area (Å²) in [5, 5.41) is 10.9. The number of carboxylic acids is 1. The Labute approximate surface area is 185 Å². The molecule has 0 aromatic heterocycles. The molecule has 27 heavy (non-hydrogen) atoms. The van der Waals surface area contributed by atoms with Gasteiger partial charge in [0, 0.05) is 12.4 Å². The Balaban J connectivity index is 0.00000261. The minimum Gasteiger partial charge on any atom is -0.550 e. The molecule has 0 saturated heterocycles. The molecule has 0 radical (unpaired) electrons. The molecular formula is C23H29NaO3. The fraction of sp³-hybridized carbons (Fsp3) is 0.609. The normalized spacial score (nSPS) is 21.6. The fourth-order valence-electron chi connectivity index (χ4n) is 4.91. The number of hydrogen-bond acceptors (Lipinski definition) is 3. The summed E-state index contributed by atoms with van der Waals surface area (Å²) in [6.07, 6.45) is 10.9.